The van der Waals surface area contributed by atoms with Crippen molar-refractivity contribution in [1.29, 1.82) is 0 Å². The molecule has 0 unspecified atom stereocenters. The summed E-state index contributed by atoms with van der Waals surface area (Å²) >= 11 is 7.41. The zero-order chi connectivity index (χ0) is 21.1. The smallest absolute Gasteiger partial charge is 0.358 e. The number of methoxy groups -OCH3 is 1. The fraction of sp³-hybridized carbons (Fsp3) is 0.286. The summed E-state index contributed by atoms with van der Waals surface area (Å²) < 4.78 is 10.8. The van der Waals surface area contributed by atoms with Crippen molar-refractivity contribution in [1.82, 2.24) is 4.98 Å². The van der Waals surface area contributed by atoms with E-state index in [2.05, 4.69) is 10.3 Å². The Balaban J connectivity index is 2.09. The number of aromatic nitrogens is 1. The van der Waals surface area contributed by atoms with Crippen molar-refractivity contribution in [2.24, 2.45) is 0 Å². The highest BCUT2D eigenvalue weighted by molar-refractivity contribution is 7.99. The molecule has 152 valence electrons. The topological polar surface area (TPSA) is 81.4 Å². The number of ether oxygens (including phenoxy) is 1. The van der Waals surface area contributed by atoms with Gasteiger partial charge in [-0.2, -0.15) is 0 Å². The van der Waals surface area contributed by atoms with Gasteiger partial charge in [0.25, 0.3) is 0 Å². The van der Waals surface area contributed by atoms with Crippen LogP contribution in [0.3, 0.4) is 0 Å². The Bertz CT molecular complexity index is 1130. The molecule has 29 heavy (non-hydrogen) atoms. The van der Waals surface area contributed by atoms with Crippen molar-refractivity contribution in [3.8, 4) is 0 Å². The number of hydrogen-bond acceptors (Lipinski definition) is 7. The first-order chi connectivity index (χ1) is 13.8. The maximum Gasteiger partial charge on any atom is 0.358 e. The van der Waals surface area contributed by atoms with Crippen LogP contribution in [0.4, 0.5) is 5.69 Å². The van der Waals surface area contributed by atoms with Crippen LogP contribution in [0.25, 0.3) is 11.0 Å². The third kappa shape index (κ3) is 4.57. The van der Waals surface area contributed by atoms with Gasteiger partial charge in [0.05, 0.1) is 24.2 Å². The number of esters is 1. The fourth-order valence-electron chi connectivity index (χ4n) is 3.06. The zero-order valence-corrected chi connectivity index (χ0v) is 18.1. The lowest BCUT2D eigenvalue weighted by molar-refractivity contribution is 0.0595. The van der Waals surface area contributed by atoms with Gasteiger partial charge >= 0.3 is 5.97 Å². The molecule has 0 fully saturated rings. The summed E-state index contributed by atoms with van der Waals surface area (Å²) in [5.74, 6) is 0.201. The lowest BCUT2D eigenvalue weighted by Crippen LogP contribution is -2.14. The molecule has 1 aromatic carbocycles. The molecule has 8 heteroatoms. The third-order valence-electron chi connectivity index (χ3n) is 4.34. The van der Waals surface area contributed by atoms with E-state index in [4.69, 9.17) is 20.8 Å². The molecule has 0 aliphatic heterocycles. The molecule has 1 atom stereocenters. The van der Waals surface area contributed by atoms with Gasteiger partial charge in [-0.25, -0.2) is 9.78 Å². The Kier molecular flexibility index (Phi) is 6.49. The highest BCUT2D eigenvalue weighted by Crippen LogP contribution is 2.31. The van der Waals surface area contributed by atoms with E-state index in [-0.39, 0.29) is 22.3 Å². The van der Waals surface area contributed by atoms with Gasteiger partial charge < -0.3 is 14.5 Å². The summed E-state index contributed by atoms with van der Waals surface area (Å²) in [6.07, 6.45) is 0. The molecule has 3 aromatic rings. The number of anilines is 1. The fourth-order valence-corrected chi connectivity index (χ4v) is 3.83. The molecule has 0 amide bonds. The number of halogens is 1. The van der Waals surface area contributed by atoms with E-state index < -0.39 is 5.97 Å². The van der Waals surface area contributed by atoms with Crippen LogP contribution >= 0.6 is 23.4 Å². The van der Waals surface area contributed by atoms with Gasteiger partial charge in [0.2, 0.25) is 0 Å². The molecule has 0 bridgehead atoms. The van der Waals surface area contributed by atoms with E-state index in [9.17, 15) is 9.59 Å². The van der Waals surface area contributed by atoms with Gasteiger partial charge in [-0.05, 0) is 43.4 Å². The minimum atomic E-state index is -0.593. The molecule has 0 aliphatic rings. The molecule has 0 saturated carbocycles. The Morgan fingerprint density at radius 2 is 2.10 bits per heavy atom. The first kappa shape index (κ1) is 21.2. The minimum absolute atomic E-state index is 0.0808. The molecule has 2 heterocycles. The molecule has 0 saturated heterocycles. The van der Waals surface area contributed by atoms with Crippen molar-refractivity contribution in [3.05, 3.63) is 62.5 Å². The van der Waals surface area contributed by atoms with Crippen molar-refractivity contribution < 1.29 is 13.9 Å². The van der Waals surface area contributed by atoms with E-state index in [1.807, 2.05) is 32.9 Å². The molecular formula is C21H21ClN2O4S. The Morgan fingerprint density at radius 1 is 1.34 bits per heavy atom. The van der Waals surface area contributed by atoms with Crippen molar-refractivity contribution in [2.75, 3.05) is 18.2 Å². The number of carbonyl (C=O) groups is 1. The molecule has 2 aromatic heterocycles. The number of aryl methyl sites for hydroxylation is 1. The van der Waals surface area contributed by atoms with Gasteiger partial charge in [0, 0.05) is 11.6 Å². The number of pyridine rings is 1. The maximum atomic E-state index is 12.6. The van der Waals surface area contributed by atoms with E-state index >= 15 is 0 Å². The molecule has 6 nitrogen and oxygen atoms in total. The summed E-state index contributed by atoms with van der Waals surface area (Å²) in [4.78, 5) is 28.8. The van der Waals surface area contributed by atoms with Crippen LogP contribution in [0.5, 0.6) is 0 Å². The lowest BCUT2D eigenvalue weighted by atomic mass is 10.0. The van der Waals surface area contributed by atoms with Gasteiger partial charge in [-0.3, -0.25) is 4.79 Å². The Morgan fingerprint density at radius 3 is 2.79 bits per heavy atom. The summed E-state index contributed by atoms with van der Waals surface area (Å²) in [7, 11) is 1.29. The molecule has 0 spiro atoms. The van der Waals surface area contributed by atoms with Crippen LogP contribution < -0.4 is 10.7 Å². The number of nitrogens with zero attached hydrogens (tertiary/aromatic N) is 1. The molecular weight excluding hydrogens is 412 g/mol. The van der Waals surface area contributed by atoms with Crippen LogP contribution in [0.2, 0.25) is 5.15 Å². The summed E-state index contributed by atoms with van der Waals surface area (Å²) in [5.41, 5.74) is 2.76. The second-order valence-electron chi connectivity index (χ2n) is 6.48. The molecule has 0 aliphatic carbocycles. The number of rotatable bonds is 6. The highest BCUT2D eigenvalue weighted by atomic mass is 35.5. The van der Waals surface area contributed by atoms with Gasteiger partial charge in [-0.1, -0.05) is 36.4 Å². The number of hydrogen-bond donors (Lipinski definition) is 1. The molecule has 3 rings (SSSR count). The average Bonchev–Trinajstić information content (AvgIpc) is 2.69. The maximum absolute atomic E-state index is 12.6. The zero-order valence-electron chi connectivity index (χ0n) is 16.5. The number of thioether (sulfide) groups is 1. The predicted octanol–water partition coefficient (Wildman–Crippen LogP) is 5.22. The SMILES string of the molecule is CCSc1cc(=O)c2cc(C)cc([C@@H](C)Nc3ccc(Cl)nc3C(=O)OC)c2o1. The van der Waals surface area contributed by atoms with Crippen LogP contribution in [-0.4, -0.2) is 23.8 Å². The van der Waals surface area contributed by atoms with Gasteiger partial charge in [-0.15, -0.1) is 0 Å². The molecule has 0 radical (unpaired) electrons. The highest BCUT2D eigenvalue weighted by Gasteiger charge is 2.20. The van der Waals surface area contributed by atoms with Crippen LogP contribution in [0.15, 0.2) is 44.6 Å². The summed E-state index contributed by atoms with van der Waals surface area (Å²) in [6.45, 7) is 5.84. The normalized spacial score (nSPS) is 12.0. The van der Waals surface area contributed by atoms with Crippen molar-refractivity contribution in [3.63, 3.8) is 0 Å². The van der Waals surface area contributed by atoms with Gasteiger partial charge in [0.1, 0.15) is 10.7 Å². The van der Waals surface area contributed by atoms with Crippen molar-refractivity contribution >= 4 is 46.0 Å². The van der Waals surface area contributed by atoms with Crippen molar-refractivity contribution in [2.45, 2.75) is 31.9 Å². The Hall–Kier alpha value is -2.51. The van der Waals surface area contributed by atoms with Gasteiger partial charge in [0.15, 0.2) is 16.2 Å². The minimum Gasteiger partial charge on any atom is -0.464 e. The standard InChI is InChI=1S/C21H21ClN2O4S/c1-5-29-18-10-16(25)14-9-11(2)8-13(20(14)28-18)12(3)23-15-6-7-17(22)24-19(15)21(26)27-4/h6-10,12,23H,5H2,1-4H3/t12-/m1/s1. The number of carbonyl (C=O) groups excluding carboxylic acids is 1. The van der Waals surface area contributed by atoms with Crippen LogP contribution in [0, 0.1) is 6.92 Å². The number of nitrogens with one attached hydrogen (secondary N) is 1. The van der Waals surface area contributed by atoms with Crippen LogP contribution in [-0.2, 0) is 4.74 Å². The predicted molar refractivity (Wildman–Crippen MR) is 116 cm³/mol. The summed E-state index contributed by atoms with van der Waals surface area (Å²) in [5, 5.41) is 4.56. The number of benzene rings is 1. The van der Waals surface area contributed by atoms with E-state index in [0.29, 0.717) is 21.7 Å². The second kappa shape index (κ2) is 8.88. The first-order valence-electron chi connectivity index (χ1n) is 9.06. The average molecular weight is 433 g/mol. The number of fused-ring (bicyclic) bond motifs is 1. The lowest BCUT2D eigenvalue weighted by Gasteiger charge is -2.19. The monoisotopic (exact) mass is 432 g/mol. The first-order valence-corrected chi connectivity index (χ1v) is 10.4. The van der Waals surface area contributed by atoms with E-state index in [0.717, 1.165) is 16.9 Å². The largest absolute Gasteiger partial charge is 0.464 e. The summed E-state index contributed by atoms with van der Waals surface area (Å²) in [6, 6.07) is 8.29. The Labute approximate surface area is 177 Å². The third-order valence-corrected chi connectivity index (χ3v) is 5.33. The quantitative estimate of drug-likeness (QED) is 0.324. The molecule has 1 N–H and O–H groups in total. The van der Waals surface area contributed by atoms with E-state index in [1.54, 1.807) is 12.1 Å². The van der Waals surface area contributed by atoms with Crippen LogP contribution in [0.1, 0.15) is 41.5 Å². The second-order valence-corrected chi connectivity index (χ2v) is 8.14. The van der Waals surface area contributed by atoms with E-state index in [1.165, 1.54) is 24.9 Å².